The summed E-state index contributed by atoms with van der Waals surface area (Å²) >= 11 is 1.67. The van der Waals surface area contributed by atoms with E-state index in [9.17, 15) is 13.5 Å². The van der Waals surface area contributed by atoms with Crippen LogP contribution in [0.5, 0.6) is 0 Å². The highest BCUT2D eigenvalue weighted by Gasteiger charge is 2.38. The van der Waals surface area contributed by atoms with E-state index in [1.807, 2.05) is 90.6 Å². The second kappa shape index (κ2) is 14.3. The average Bonchev–Trinajstić information content (AvgIpc) is 3.52. The van der Waals surface area contributed by atoms with Gasteiger partial charge in [0.2, 0.25) is 10.0 Å². The number of nitrogens with one attached hydrogen (secondary N) is 1. The molecule has 0 amide bonds. The Morgan fingerprint density at radius 1 is 0.870 bits per heavy atom. The highest BCUT2D eigenvalue weighted by Crippen LogP contribution is 2.43. The van der Waals surface area contributed by atoms with Crippen molar-refractivity contribution in [3.05, 3.63) is 138 Å². The minimum Gasteiger partial charge on any atom is -0.392 e. The van der Waals surface area contributed by atoms with Crippen molar-refractivity contribution in [1.82, 2.24) is 14.3 Å². The molecule has 1 aromatic heterocycles. The number of hydrogen-bond acceptors (Lipinski definition) is 7. The summed E-state index contributed by atoms with van der Waals surface area (Å²) in [6.07, 6.45) is 2.86. The van der Waals surface area contributed by atoms with Crippen LogP contribution < -0.4 is 4.72 Å². The Hall–Kier alpha value is -3.77. The SMILES string of the molecule is CC1C(CSc2nccn2C)OC(c2ccc(-c3cccc(CNS(=O)(=O)c4ccccc4)c3)cc2)OC1c1ccc(CO)cc1. The second-order valence-corrected chi connectivity index (χ2v) is 14.2. The third-order valence-corrected chi connectivity index (χ3v) is 10.8. The number of hydrogen-bond donors (Lipinski definition) is 2. The van der Waals surface area contributed by atoms with Gasteiger partial charge in [-0.25, -0.2) is 18.1 Å². The molecule has 0 radical (unpaired) electrons. The van der Waals surface area contributed by atoms with Gasteiger partial charge in [-0.05, 0) is 46.0 Å². The van der Waals surface area contributed by atoms with Gasteiger partial charge in [0.1, 0.15) is 0 Å². The molecule has 2 heterocycles. The monoisotopic (exact) mass is 655 g/mol. The predicted octanol–water partition coefficient (Wildman–Crippen LogP) is 6.64. The second-order valence-electron chi connectivity index (χ2n) is 11.4. The summed E-state index contributed by atoms with van der Waals surface area (Å²) in [7, 11) is -1.62. The molecule has 4 unspecified atom stereocenters. The first kappa shape index (κ1) is 32.2. The number of aryl methyl sites for hydroxylation is 1. The first-order valence-corrected chi connectivity index (χ1v) is 17.6. The minimum absolute atomic E-state index is 0.00538. The lowest BCUT2D eigenvalue weighted by atomic mass is 9.91. The summed E-state index contributed by atoms with van der Waals surface area (Å²) < 4.78 is 43.3. The normalized spacial score (nSPS) is 20.1. The molecule has 0 spiro atoms. The number of aliphatic hydroxyl groups is 1. The number of benzene rings is 4. The molecule has 46 heavy (non-hydrogen) atoms. The summed E-state index contributed by atoms with van der Waals surface area (Å²) in [6, 6.07) is 32.2. The van der Waals surface area contributed by atoms with Gasteiger partial charge in [0.15, 0.2) is 11.4 Å². The fraction of sp³-hybridized carbons (Fsp3) is 0.250. The van der Waals surface area contributed by atoms with E-state index < -0.39 is 16.3 Å². The molecule has 1 fully saturated rings. The molecular formula is C36H37N3O5S2. The van der Waals surface area contributed by atoms with E-state index in [-0.39, 0.29) is 36.2 Å². The van der Waals surface area contributed by atoms with Crippen molar-refractivity contribution >= 4 is 21.8 Å². The van der Waals surface area contributed by atoms with Crippen LogP contribution in [0, 0.1) is 5.92 Å². The average molecular weight is 656 g/mol. The van der Waals surface area contributed by atoms with Gasteiger partial charge < -0.3 is 19.1 Å². The van der Waals surface area contributed by atoms with Crippen LogP contribution in [-0.2, 0) is 39.7 Å². The Morgan fingerprint density at radius 2 is 1.61 bits per heavy atom. The maximum Gasteiger partial charge on any atom is 0.240 e. The van der Waals surface area contributed by atoms with Crippen LogP contribution in [0.1, 0.15) is 41.6 Å². The van der Waals surface area contributed by atoms with Crippen LogP contribution in [0.3, 0.4) is 0 Å². The molecule has 0 aliphatic carbocycles. The molecule has 4 atom stereocenters. The summed E-state index contributed by atoms with van der Waals surface area (Å²) in [6.45, 7) is 2.33. The van der Waals surface area contributed by atoms with Gasteiger partial charge in [-0.3, -0.25) is 0 Å². The minimum atomic E-state index is -3.61. The molecule has 10 heteroatoms. The van der Waals surface area contributed by atoms with Crippen LogP contribution in [0.15, 0.2) is 126 Å². The van der Waals surface area contributed by atoms with E-state index in [0.29, 0.717) is 0 Å². The molecule has 8 nitrogen and oxygen atoms in total. The van der Waals surface area contributed by atoms with E-state index in [2.05, 4.69) is 16.6 Å². The van der Waals surface area contributed by atoms with E-state index in [4.69, 9.17) is 9.47 Å². The fourth-order valence-electron chi connectivity index (χ4n) is 5.51. The number of ether oxygens (including phenoxy) is 2. The van der Waals surface area contributed by atoms with Gasteiger partial charge in [0.05, 0.1) is 23.7 Å². The predicted molar refractivity (Wildman–Crippen MR) is 179 cm³/mol. The number of sulfonamides is 1. The zero-order valence-corrected chi connectivity index (χ0v) is 27.3. The lowest BCUT2D eigenvalue weighted by Gasteiger charge is -2.41. The highest BCUT2D eigenvalue weighted by atomic mass is 32.2. The Balaban J connectivity index is 1.19. The van der Waals surface area contributed by atoms with E-state index in [0.717, 1.165) is 44.3 Å². The molecule has 1 saturated heterocycles. The van der Waals surface area contributed by atoms with Crippen molar-refractivity contribution in [3.8, 4) is 11.1 Å². The maximum absolute atomic E-state index is 12.7. The molecule has 5 aromatic rings. The Morgan fingerprint density at radius 3 is 2.30 bits per heavy atom. The molecule has 6 rings (SSSR count). The molecule has 4 aromatic carbocycles. The van der Waals surface area contributed by atoms with Gasteiger partial charge in [0.25, 0.3) is 0 Å². The molecule has 0 saturated carbocycles. The summed E-state index contributed by atoms with van der Waals surface area (Å²) in [5.41, 5.74) is 5.65. The fourth-order valence-corrected chi connectivity index (χ4v) is 7.65. The number of aliphatic hydroxyl groups excluding tert-OH is 1. The van der Waals surface area contributed by atoms with Gasteiger partial charge in [0, 0.05) is 43.2 Å². The number of thioether (sulfide) groups is 1. The van der Waals surface area contributed by atoms with Gasteiger partial charge in [-0.2, -0.15) is 0 Å². The maximum atomic E-state index is 12.7. The van der Waals surface area contributed by atoms with Crippen LogP contribution >= 0.6 is 11.8 Å². The van der Waals surface area contributed by atoms with Gasteiger partial charge in [-0.15, -0.1) is 0 Å². The number of aromatic nitrogens is 2. The number of rotatable bonds is 11. The Bertz CT molecular complexity index is 1850. The third kappa shape index (κ3) is 7.44. The Kier molecular flexibility index (Phi) is 10.0. The molecule has 238 valence electrons. The standard InChI is InChI=1S/C36H37N3O5S2/c1-25-33(24-45-36-37-19-20-39(36)2)43-35(44-34(25)29-13-11-26(23-40)12-14-29)30-17-15-28(16-18-30)31-8-6-7-27(21-31)22-38-46(41,42)32-9-4-3-5-10-32/h3-21,25,33-35,38,40H,22-24H2,1-2H3. The highest BCUT2D eigenvalue weighted by molar-refractivity contribution is 7.99. The van der Waals surface area contributed by atoms with Crippen molar-refractivity contribution < 1.29 is 23.0 Å². The lowest BCUT2D eigenvalue weighted by Crippen LogP contribution is -2.38. The topological polar surface area (TPSA) is 103 Å². The molecule has 2 N–H and O–H groups in total. The van der Waals surface area contributed by atoms with Crippen molar-refractivity contribution in [2.45, 2.75) is 48.6 Å². The number of imidazole rings is 1. The van der Waals surface area contributed by atoms with Crippen LogP contribution in [0.2, 0.25) is 0 Å². The quantitative estimate of drug-likeness (QED) is 0.154. The number of nitrogens with zero attached hydrogens (tertiary/aromatic N) is 2. The van der Waals surface area contributed by atoms with Crippen molar-refractivity contribution in [2.24, 2.45) is 13.0 Å². The van der Waals surface area contributed by atoms with Crippen LogP contribution in [-0.4, -0.2) is 34.9 Å². The third-order valence-electron chi connectivity index (χ3n) is 8.24. The summed E-state index contributed by atoms with van der Waals surface area (Å²) in [5, 5.41) is 10.5. The van der Waals surface area contributed by atoms with Crippen LogP contribution in [0.25, 0.3) is 11.1 Å². The zero-order valence-electron chi connectivity index (χ0n) is 25.7. The first-order chi connectivity index (χ1) is 22.3. The zero-order chi connectivity index (χ0) is 32.1. The Labute approximate surface area is 274 Å². The van der Waals surface area contributed by atoms with E-state index >= 15 is 0 Å². The molecular weight excluding hydrogens is 619 g/mol. The molecule has 1 aliphatic rings. The van der Waals surface area contributed by atoms with Crippen molar-refractivity contribution in [3.63, 3.8) is 0 Å². The van der Waals surface area contributed by atoms with Crippen molar-refractivity contribution in [1.29, 1.82) is 0 Å². The summed E-state index contributed by atoms with van der Waals surface area (Å²) in [4.78, 5) is 4.70. The first-order valence-electron chi connectivity index (χ1n) is 15.2. The van der Waals surface area contributed by atoms with Crippen molar-refractivity contribution in [2.75, 3.05) is 5.75 Å². The van der Waals surface area contributed by atoms with Gasteiger partial charge >= 0.3 is 0 Å². The van der Waals surface area contributed by atoms with Gasteiger partial charge in [-0.1, -0.05) is 104 Å². The van der Waals surface area contributed by atoms with Crippen LogP contribution in [0.4, 0.5) is 0 Å². The molecule has 1 aliphatic heterocycles. The lowest BCUT2D eigenvalue weighted by molar-refractivity contribution is -0.268. The smallest absolute Gasteiger partial charge is 0.240 e. The van der Waals surface area contributed by atoms with E-state index in [1.54, 1.807) is 48.3 Å². The largest absolute Gasteiger partial charge is 0.392 e. The van der Waals surface area contributed by atoms with E-state index in [1.165, 1.54) is 0 Å². The summed E-state index contributed by atoms with van der Waals surface area (Å²) in [5.74, 6) is 0.793. The molecule has 0 bridgehead atoms.